The van der Waals surface area contributed by atoms with Crippen LogP contribution in [0.4, 0.5) is 0 Å². The van der Waals surface area contributed by atoms with Crippen molar-refractivity contribution in [2.45, 2.75) is 10.9 Å². The quantitative estimate of drug-likeness (QED) is 0.143. The molecule has 5 aromatic rings. The first-order chi connectivity index (χ1) is 17.7. The molecule has 0 unspecified atom stereocenters. The Labute approximate surface area is 217 Å². The Hall–Kier alpha value is -3.88. The van der Waals surface area contributed by atoms with Gasteiger partial charge in [0, 0.05) is 0 Å². The Morgan fingerprint density at radius 2 is 1.86 bits per heavy atom. The molecular formula is C28H23N3O3S2. The predicted molar refractivity (Wildman–Crippen MR) is 147 cm³/mol. The lowest BCUT2D eigenvalue weighted by Crippen LogP contribution is -2.19. The smallest absolute Gasteiger partial charge is 0.250 e. The summed E-state index contributed by atoms with van der Waals surface area (Å²) in [5, 5.41) is 6.42. The summed E-state index contributed by atoms with van der Waals surface area (Å²) in [5.74, 6) is 1.27. The van der Waals surface area contributed by atoms with E-state index in [0.29, 0.717) is 18.1 Å². The maximum absolute atomic E-state index is 12.2. The van der Waals surface area contributed by atoms with Crippen LogP contribution < -0.4 is 14.9 Å². The molecule has 0 aliphatic heterocycles. The van der Waals surface area contributed by atoms with E-state index in [1.54, 1.807) is 24.7 Å². The average molecular weight is 514 g/mol. The van der Waals surface area contributed by atoms with E-state index in [2.05, 4.69) is 39.8 Å². The molecule has 0 saturated heterocycles. The summed E-state index contributed by atoms with van der Waals surface area (Å²) in [7, 11) is 1.60. The molecule has 0 aliphatic rings. The van der Waals surface area contributed by atoms with Crippen LogP contribution in [0, 0.1) is 0 Å². The van der Waals surface area contributed by atoms with Crippen molar-refractivity contribution in [3.63, 3.8) is 0 Å². The number of thiazole rings is 1. The molecule has 8 heteroatoms. The van der Waals surface area contributed by atoms with Gasteiger partial charge in [0.15, 0.2) is 15.8 Å². The summed E-state index contributed by atoms with van der Waals surface area (Å²) in [5.41, 5.74) is 5.40. The third-order valence-electron chi connectivity index (χ3n) is 5.45. The van der Waals surface area contributed by atoms with Crippen molar-refractivity contribution in [2.75, 3.05) is 12.9 Å². The van der Waals surface area contributed by atoms with Crippen LogP contribution in [-0.2, 0) is 11.4 Å². The number of carbonyl (C=O) groups excluding carboxylic acids is 1. The average Bonchev–Trinajstić information content (AvgIpc) is 3.34. The lowest BCUT2D eigenvalue weighted by Gasteiger charge is -2.12. The fourth-order valence-corrected chi connectivity index (χ4v) is 5.57. The Bertz CT molecular complexity index is 1510. The van der Waals surface area contributed by atoms with Gasteiger partial charge in [-0.15, -0.1) is 11.3 Å². The second-order valence-corrected chi connectivity index (χ2v) is 10.1. The van der Waals surface area contributed by atoms with Crippen LogP contribution in [0.5, 0.6) is 11.5 Å². The van der Waals surface area contributed by atoms with E-state index < -0.39 is 0 Å². The molecule has 0 radical (unpaired) electrons. The van der Waals surface area contributed by atoms with Crippen molar-refractivity contribution < 1.29 is 14.3 Å². The summed E-state index contributed by atoms with van der Waals surface area (Å²) in [6.45, 7) is 0.424. The largest absolute Gasteiger partial charge is 0.493 e. The van der Waals surface area contributed by atoms with Gasteiger partial charge in [-0.3, -0.25) is 4.79 Å². The van der Waals surface area contributed by atoms with Crippen LogP contribution in [-0.4, -0.2) is 30.0 Å². The van der Waals surface area contributed by atoms with E-state index in [-0.39, 0.29) is 11.7 Å². The summed E-state index contributed by atoms with van der Waals surface area (Å²) in [4.78, 5) is 16.7. The standard InChI is InChI=1S/C28H23N3O3S2/c1-33-25-15-19(13-14-24(25)34-17-21-9-6-8-20-7-2-3-10-22(20)21)16-29-31-27(32)18-35-28-30-23-11-4-5-12-26(23)36-28/h2-16H,17-18H2,1H3,(H,31,32)/b29-16-. The summed E-state index contributed by atoms with van der Waals surface area (Å²) < 4.78 is 13.6. The number of para-hydroxylation sites is 1. The van der Waals surface area contributed by atoms with Crippen LogP contribution in [0.1, 0.15) is 11.1 Å². The third kappa shape index (κ3) is 5.67. The molecule has 6 nitrogen and oxygen atoms in total. The van der Waals surface area contributed by atoms with E-state index in [4.69, 9.17) is 9.47 Å². The predicted octanol–water partition coefficient (Wildman–Crippen LogP) is 6.28. The molecule has 1 aromatic heterocycles. The number of rotatable bonds is 9. The fourth-order valence-electron chi connectivity index (χ4n) is 3.71. The number of aromatic nitrogens is 1. The maximum atomic E-state index is 12.2. The highest BCUT2D eigenvalue weighted by atomic mass is 32.2. The number of nitrogens with zero attached hydrogens (tertiary/aromatic N) is 2. The van der Waals surface area contributed by atoms with Crippen molar-refractivity contribution in [1.82, 2.24) is 10.4 Å². The Morgan fingerprint density at radius 1 is 1.03 bits per heavy atom. The van der Waals surface area contributed by atoms with Crippen molar-refractivity contribution >= 4 is 56.2 Å². The van der Waals surface area contributed by atoms with Gasteiger partial charge in [0.05, 0.1) is 29.3 Å². The van der Waals surface area contributed by atoms with E-state index in [0.717, 1.165) is 25.7 Å². The molecule has 0 atom stereocenters. The zero-order valence-corrected chi connectivity index (χ0v) is 21.1. The summed E-state index contributed by atoms with van der Waals surface area (Å²) >= 11 is 2.97. The fraction of sp³-hybridized carbons (Fsp3) is 0.107. The zero-order valence-electron chi connectivity index (χ0n) is 19.5. The lowest BCUT2D eigenvalue weighted by molar-refractivity contribution is -0.118. The Balaban J connectivity index is 1.16. The van der Waals surface area contributed by atoms with Gasteiger partial charge in [0.2, 0.25) is 0 Å². The Morgan fingerprint density at radius 3 is 2.75 bits per heavy atom. The number of nitrogens with one attached hydrogen (secondary N) is 1. The molecule has 0 aliphatic carbocycles. The van der Waals surface area contributed by atoms with Gasteiger partial charge in [0.1, 0.15) is 6.61 Å². The molecule has 1 N–H and O–H groups in total. The second-order valence-electron chi connectivity index (χ2n) is 7.87. The van der Waals surface area contributed by atoms with Crippen LogP contribution in [0.15, 0.2) is 94.4 Å². The monoisotopic (exact) mass is 513 g/mol. The number of carbonyl (C=O) groups is 1. The van der Waals surface area contributed by atoms with E-state index in [1.807, 2.05) is 60.7 Å². The highest BCUT2D eigenvalue weighted by Gasteiger charge is 2.09. The minimum atomic E-state index is -0.197. The van der Waals surface area contributed by atoms with Crippen LogP contribution in [0.25, 0.3) is 21.0 Å². The summed E-state index contributed by atoms with van der Waals surface area (Å²) in [6.07, 6.45) is 1.58. The molecule has 5 rings (SSSR count). The molecule has 0 spiro atoms. The van der Waals surface area contributed by atoms with Gasteiger partial charge in [-0.05, 0) is 52.2 Å². The molecule has 1 amide bonds. The number of ether oxygens (including phenoxy) is 2. The second kappa shape index (κ2) is 11.2. The molecule has 180 valence electrons. The number of methoxy groups -OCH3 is 1. The van der Waals surface area contributed by atoms with Crippen LogP contribution in [0.3, 0.4) is 0 Å². The van der Waals surface area contributed by atoms with Crippen molar-refractivity contribution in [3.05, 3.63) is 96.1 Å². The number of thioether (sulfide) groups is 1. The van der Waals surface area contributed by atoms with Gasteiger partial charge < -0.3 is 9.47 Å². The topological polar surface area (TPSA) is 72.8 Å². The number of hydrogen-bond donors (Lipinski definition) is 1. The first-order valence-electron chi connectivity index (χ1n) is 11.3. The van der Waals surface area contributed by atoms with E-state index in [1.165, 1.54) is 22.5 Å². The SMILES string of the molecule is COc1cc(/C=N\NC(=O)CSc2nc3ccccc3s2)ccc1OCc1cccc2ccccc12. The van der Waals surface area contributed by atoms with Gasteiger partial charge in [0.25, 0.3) is 5.91 Å². The van der Waals surface area contributed by atoms with Crippen LogP contribution in [0.2, 0.25) is 0 Å². The summed E-state index contributed by atoms with van der Waals surface area (Å²) in [6, 6.07) is 27.9. The number of benzene rings is 4. The number of amides is 1. The highest BCUT2D eigenvalue weighted by Crippen LogP contribution is 2.30. The van der Waals surface area contributed by atoms with Crippen molar-refractivity contribution in [2.24, 2.45) is 5.10 Å². The lowest BCUT2D eigenvalue weighted by atomic mass is 10.1. The minimum absolute atomic E-state index is 0.197. The number of hydrazone groups is 1. The first-order valence-corrected chi connectivity index (χ1v) is 13.1. The first kappa shape index (κ1) is 23.8. The van der Waals surface area contributed by atoms with Gasteiger partial charge in [-0.25, -0.2) is 10.4 Å². The third-order valence-corrected chi connectivity index (χ3v) is 7.63. The molecule has 4 aromatic carbocycles. The van der Waals surface area contributed by atoms with E-state index in [9.17, 15) is 4.79 Å². The number of hydrogen-bond acceptors (Lipinski definition) is 7. The minimum Gasteiger partial charge on any atom is -0.493 e. The van der Waals surface area contributed by atoms with Crippen molar-refractivity contribution in [3.8, 4) is 11.5 Å². The van der Waals surface area contributed by atoms with Crippen molar-refractivity contribution in [1.29, 1.82) is 0 Å². The van der Waals surface area contributed by atoms with Gasteiger partial charge in [-0.2, -0.15) is 5.10 Å². The molecule has 1 heterocycles. The molecular weight excluding hydrogens is 490 g/mol. The van der Waals surface area contributed by atoms with Gasteiger partial charge >= 0.3 is 0 Å². The Kier molecular flexibility index (Phi) is 7.44. The zero-order chi connectivity index (χ0) is 24.7. The molecule has 0 bridgehead atoms. The van der Waals surface area contributed by atoms with Gasteiger partial charge in [-0.1, -0.05) is 66.4 Å². The molecule has 0 fully saturated rings. The highest BCUT2D eigenvalue weighted by molar-refractivity contribution is 8.01. The maximum Gasteiger partial charge on any atom is 0.250 e. The van der Waals surface area contributed by atoms with E-state index >= 15 is 0 Å². The molecule has 36 heavy (non-hydrogen) atoms. The normalized spacial score (nSPS) is 11.2. The number of fused-ring (bicyclic) bond motifs is 2. The molecule has 0 saturated carbocycles. The van der Waals surface area contributed by atoms with Crippen LogP contribution >= 0.6 is 23.1 Å².